The fourth-order valence-corrected chi connectivity index (χ4v) is 1.35. The number of nitrogens with zero attached hydrogens (tertiary/aromatic N) is 4. The molecule has 4 N–H and O–H groups in total. The largest absolute Gasteiger partial charge is 0.369 e. The van der Waals surface area contributed by atoms with Crippen LogP contribution < -0.4 is 11.5 Å². The Hall–Kier alpha value is -2.16. The molecule has 0 unspecified atom stereocenters. The Morgan fingerprint density at radius 1 is 0.889 bits per heavy atom. The average molecular weight is 252 g/mol. The highest BCUT2D eigenvalue weighted by Crippen LogP contribution is 1.92. The van der Waals surface area contributed by atoms with E-state index < -0.39 is 11.8 Å². The number of rotatable bonds is 9. The van der Waals surface area contributed by atoms with E-state index in [0.29, 0.717) is 13.1 Å². The van der Waals surface area contributed by atoms with Crippen LogP contribution in [0.1, 0.15) is 0 Å². The molecule has 8 nitrogen and oxygen atoms in total. The Morgan fingerprint density at radius 3 is 1.44 bits per heavy atom. The first kappa shape index (κ1) is 15.8. The van der Waals surface area contributed by atoms with Crippen molar-refractivity contribution in [2.24, 2.45) is 11.5 Å². The number of hydrogen-bond donors (Lipinski definition) is 2. The van der Waals surface area contributed by atoms with E-state index in [-0.39, 0.29) is 26.2 Å². The van der Waals surface area contributed by atoms with E-state index in [2.05, 4.69) is 0 Å². The summed E-state index contributed by atoms with van der Waals surface area (Å²) < 4.78 is 0. The molecule has 0 fully saturated rings. The van der Waals surface area contributed by atoms with Crippen LogP contribution in [0.3, 0.4) is 0 Å². The highest BCUT2D eigenvalue weighted by molar-refractivity contribution is 5.76. The van der Waals surface area contributed by atoms with Gasteiger partial charge in [-0.3, -0.25) is 19.4 Å². The van der Waals surface area contributed by atoms with Gasteiger partial charge in [0.2, 0.25) is 11.8 Å². The lowest BCUT2D eigenvalue weighted by molar-refractivity contribution is -0.120. The van der Waals surface area contributed by atoms with Crippen LogP contribution in [0.5, 0.6) is 0 Å². The number of carbonyl (C=O) groups excluding carboxylic acids is 2. The lowest BCUT2D eigenvalue weighted by atomic mass is 10.4. The van der Waals surface area contributed by atoms with E-state index in [9.17, 15) is 9.59 Å². The first-order valence-corrected chi connectivity index (χ1v) is 5.24. The molecule has 0 rings (SSSR count). The number of amides is 2. The number of nitrogens with two attached hydrogens (primary N) is 2. The fourth-order valence-electron chi connectivity index (χ4n) is 1.35. The van der Waals surface area contributed by atoms with Gasteiger partial charge < -0.3 is 11.5 Å². The van der Waals surface area contributed by atoms with E-state index in [1.165, 1.54) is 9.80 Å². The van der Waals surface area contributed by atoms with Crippen LogP contribution in [0.15, 0.2) is 0 Å². The van der Waals surface area contributed by atoms with Crippen LogP contribution in [-0.4, -0.2) is 60.9 Å². The Bertz CT molecular complexity index is 334. The van der Waals surface area contributed by atoms with Crippen molar-refractivity contribution in [3.63, 3.8) is 0 Å². The lowest BCUT2D eigenvalue weighted by Crippen LogP contribution is -2.42. The summed E-state index contributed by atoms with van der Waals surface area (Å²) in [5.41, 5.74) is 10.1. The molecule has 0 saturated heterocycles. The summed E-state index contributed by atoms with van der Waals surface area (Å²) in [5.74, 6) is -1.07. The van der Waals surface area contributed by atoms with Gasteiger partial charge >= 0.3 is 0 Å². The highest BCUT2D eigenvalue weighted by Gasteiger charge is 2.12. The second-order valence-corrected chi connectivity index (χ2v) is 3.67. The summed E-state index contributed by atoms with van der Waals surface area (Å²) in [6, 6.07) is 3.83. The molecule has 0 aromatic heterocycles. The van der Waals surface area contributed by atoms with Crippen molar-refractivity contribution >= 4 is 11.8 Å². The van der Waals surface area contributed by atoms with Gasteiger partial charge in [-0.1, -0.05) is 0 Å². The molecule has 0 aliphatic heterocycles. The molecule has 0 spiro atoms. The monoisotopic (exact) mass is 252 g/mol. The van der Waals surface area contributed by atoms with Gasteiger partial charge in [-0.15, -0.1) is 0 Å². The fraction of sp³-hybridized carbons (Fsp3) is 0.600. The second kappa shape index (κ2) is 8.93. The maximum absolute atomic E-state index is 10.8. The van der Waals surface area contributed by atoms with E-state index in [1.807, 2.05) is 12.1 Å². The minimum Gasteiger partial charge on any atom is -0.369 e. The Kier molecular flexibility index (Phi) is 7.86. The van der Waals surface area contributed by atoms with Crippen molar-refractivity contribution in [2.45, 2.75) is 0 Å². The van der Waals surface area contributed by atoms with Crippen molar-refractivity contribution in [2.75, 3.05) is 39.3 Å². The molecule has 8 heteroatoms. The Labute approximate surface area is 105 Å². The highest BCUT2D eigenvalue weighted by atomic mass is 16.1. The van der Waals surface area contributed by atoms with Crippen LogP contribution in [-0.2, 0) is 9.59 Å². The van der Waals surface area contributed by atoms with Crippen LogP contribution in [0.25, 0.3) is 0 Å². The molecule has 0 aromatic carbocycles. The van der Waals surface area contributed by atoms with Crippen LogP contribution >= 0.6 is 0 Å². The lowest BCUT2D eigenvalue weighted by Gasteiger charge is -2.22. The molecule has 0 aromatic rings. The minimum absolute atomic E-state index is 0.0372. The predicted octanol–water partition coefficient (Wildman–Crippen LogP) is -2.39. The van der Waals surface area contributed by atoms with Gasteiger partial charge in [-0.25, -0.2) is 0 Å². The van der Waals surface area contributed by atoms with Crippen molar-refractivity contribution in [1.82, 2.24) is 9.80 Å². The Balaban J connectivity index is 4.27. The van der Waals surface area contributed by atoms with Crippen LogP contribution in [0.4, 0.5) is 0 Å². The van der Waals surface area contributed by atoms with Gasteiger partial charge in [0.05, 0.1) is 38.3 Å². The summed E-state index contributed by atoms with van der Waals surface area (Å²) in [6.45, 7) is 0.742. The summed E-state index contributed by atoms with van der Waals surface area (Å²) in [6.07, 6.45) is 0. The molecule has 0 bridgehead atoms. The van der Waals surface area contributed by atoms with Crippen molar-refractivity contribution in [3.8, 4) is 12.1 Å². The first-order valence-electron chi connectivity index (χ1n) is 5.24. The summed E-state index contributed by atoms with van der Waals surface area (Å²) in [4.78, 5) is 24.6. The standard InChI is InChI=1S/C10H16N6O2/c11-1-3-15(7-9(13)17)5-6-16(4-2-12)8-10(14)18/h3-8H2,(H2,13,17)(H2,14,18). The maximum Gasteiger partial charge on any atom is 0.231 e. The van der Waals surface area contributed by atoms with Crippen molar-refractivity contribution < 1.29 is 9.59 Å². The Morgan fingerprint density at radius 2 is 1.22 bits per heavy atom. The minimum atomic E-state index is -0.535. The summed E-state index contributed by atoms with van der Waals surface area (Å²) >= 11 is 0. The van der Waals surface area contributed by atoms with Crippen molar-refractivity contribution in [3.05, 3.63) is 0 Å². The van der Waals surface area contributed by atoms with Crippen LogP contribution in [0, 0.1) is 22.7 Å². The van der Waals surface area contributed by atoms with Crippen LogP contribution in [0.2, 0.25) is 0 Å². The molecular weight excluding hydrogens is 236 g/mol. The third-order valence-electron chi connectivity index (χ3n) is 2.08. The number of primary amides is 2. The van der Waals surface area contributed by atoms with E-state index >= 15 is 0 Å². The van der Waals surface area contributed by atoms with Gasteiger partial charge in [0, 0.05) is 13.1 Å². The molecule has 0 aliphatic rings. The van der Waals surface area contributed by atoms with E-state index in [4.69, 9.17) is 22.0 Å². The third-order valence-corrected chi connectivity index (χ3v) is 2.08. The normalized spacial score (nSPS) is 10.0. The van der Waals surface area contributed by atoms with E-state index in [0.717, 1.165) is 0 Å². The molecule has 18 heavy (non-hydrogen) atoms. The maximum atomic E-state index is 10.8. The molecule has 2 amide bonds. The predicted molar refractivity (Wildman–Crippen MR) is 62.5 cm³/mol. The van der Waals surface area contributed by atoms with Gasteiger partial charge in [0.1, 0.15) is 0 Å². The number of carbonyl (C=O) groups is 2. The quantitative estimate of drug-likeness (QED) is 0.438. The molecular formula is C10H16N6O2. The number of hydrogen-bond acceptors (Lipinski definition) is 6. The zero-order valence-corrected chi connectivity index (χ0v) is 10.0. The van der Waals surface area contributed by atoms with Gasteiger partial charge in [-0.05, 0) is 0 Å². The van der Waals surface area contributed by atoms with Gasteiger partial charge in [0.15, 0.2) is 0 Å². The van der Waals surface area contributed by atoms with E-state index in [1.54, 1.807) is 0 Å². The zero-order chi connectivity index (χ0) is 14.0. The molecule has 0 saturated carbocycles. The smallest absolute Gasteiger partial charge is 0.231 e. The third kappa shape index (κ3) is 8.05. The molecule has 0 atom stereocenters. The first-order chi connectivity index (χ1) is 8.49. The number of nitriles is 2. The average Bonchev–Trinajstić information content (AvgIpc) is 2.24. The topological polar surface area (TPSA) is 140 Å². The summed E-state index contributed by atoms with van der Waals surface area (Å²) in [7, 11) is 0. The molecule has 0 heterocycles. The second-order valence-electron chi connectivity index (χ2n) is 3.67. The molecule has 98 valence electrons. The molecule has 0 radical (unpaired) electrons. The SMILES string of the molecule is N#CCN(CCN(CC#N)CC(N)=O)CC(N)=O. The van der Waals surface area contributed by atoms with Crippen molar-refractivity contribution in [1.29, 1.82) is 10.5 Å². The van der Waals surface area contributed by atoms with Gasteiger partial charge in [0.25, 0.3) is 0 Å². The molecule has 0 aliphatic carbocycles. The summed E-state index contributed by atoms with van der Waals surface area (Å²) in [5, 5.41) is 17.2. The zero-order valence-electron chi connectivity index (χ0n) is 10.0. The van der Waals surface area contributed by atoms with Gasteiger partial charge in [-0.2, -0.15) is 10.5 Å².